The van der Waals surface area contributed by atoms with Crippen molar-refractivity contribution < 1.29 is 14.7 Å². The molecule has 7 nitrogen and oxygen atoms in total. The lowest BCUT2D eigenvalue weighted by atomic mass is 10.1. The molecule has 0 amide bonds. The Hall–Kier alpha value is -1.57. The number of imidazole rings is 1. The highest BCUT2D eigenvalue weighted by atomic mass is 16.3. The van der Waals surface area contributed by atoms with E-state index >= 15 is 0 Å². The molecule has 0 spiro atoms. The molecule has 17 heavy (non-hydrogen) atoms. The number of nitrogens with zero attached hydrogens (tertiary/aromatic N) is 1. The Kier molecular flexibility index (Phi) is 5.47. The largest absolute Gasteiger partial charge is 0.394 e. The van der Waals surface area contributed by atoms with Gasteiger partial charge in [-0.2, -0.15) is 0 Å². The molecule has 1 aromatic heterocycles. The molecular formula is C10H16N4O3. The maximum Gasteiger partial charge on any atom is 0.148 e. The Balaban J connectivity index is 2.49. The molecule has 0 aromatic carbocycles. The number of nitrogens with one attached hydrogen (secondary N) is 3. The highest BCUT2D eigenvalue weighted by Crippen LogP contribution is 1.98. The van der Waals surface area contributed by atoms with E-state index in [2.05, 4.69) is 20.8 Å². The van der Waals surface area contributed by atoms with Crippen LogP contribution in [-0.2, 0) is 16.0 Å². The molecule has 1 aromatic rings. The van der Waals surface area contributed by atoms with Crippen molar-refractivity contribution >= 4 is 12.1 Å². The molecule has 1 rings (SSSR count). The van der Waals surface area contributed by atoms with E-state index in [0.717, 1.165) is 5.69 Å². The number of Topliss-reactive ketones (excluding diaryl/α,β-unsaturated/α-hetero) is 1. The second-order valence-electron chi connectivity index (χ2n) is 3.66. The van der Waals surface area contributed by atoms with Crippen LogP contribution in [0.2, 0.25) is 0 Å². The van der Waals surface area contributed by atoms with Crippen molar-refractivity contribution in [3.63, 3.8) is 0 Å². The van der Waals surface area contributed by atoms with Crippen molar-refractivity contribution in [2.45, 2.75) is 25.4 Å². The van der Waals surface area contributed by atoms with Crippen LogP contribution in [0.25, 0.3) is 0 Å². The number of hydrogen-bond acceptors (Lipinski definition) is 6. The quantitative estimate of drug-likeness (QED) is 0.327. The highest BCUT2D eigenvalue weighted by Gasteiger charge is 2.16. The van der Waals surface area contributed by atoms with Gasteiger partial charge in [-0.3, -0.25) is 4.79 Å². The Morgan fingerprint density at radius 1 is 1.65 bits per heavy atom. The van der Waals surface area contributed by atoms with Crippen LogP contribution < -0.4 is 10.9 Å². The Morgan fingerprint density at radius 2 is 2.41 bits per heavy atom. The number of aliphatic hydroxyl groups is 1. The molecule has 0 fully saturated rings. The molecule has 0 aliphatic carbocycles. The predicted octanol–water partition coefficient (Wildman–Crippen LogP) is -1.44. The fraction of sp³-hybridized carbons (Fsp3) is 0.500. The summed E-state index contributed by atoms with van der Waals surface area (Å²) in [6.45, 7) is 1.12. The summed E-state index contributed by atoms with van der Waals surface area (Å²) < 4.78 is 0. The molecule has 0 saturated heterocycles. The van der Waals surface area contributed by atoms with E-state index in [1.165, 1.54) is 13.3 Å². The molecule has 0 unspecified atom stereocenters. The molecular weight excluding hydrogens is 224 g/mol. The minimum absolute atomic E-state index is 0.0744. The van der Waals surface area contributed by atoms with Gasteiger partial charge in [0.2, 0.25) is 0 Å². The minimum Gasteiger partial charge on any atom is -0.394 e. The summed E-state index contributed by atoms with van der Waals surface area (Å²) in [5.74, 6) is -0.0744. The van der Waals surface area contributed by atoms with Crippen molar-refractivity contribution in [1.29, 1.82) is 0 Å². The van der Waals surface area contributed by atoms with Crippen molar-refractivity contribution in [3.05, 3.63) is 18.2 Å². The number of H-pyrrole nitrogens is 1. The number of carbonyl (C=O) groups is 2. The van der Waals surface area contributed by atoms with Gasteiger partial charge in [0, 0.05) is 18.3 Å². The first kappa shape index (κ1) is 13.5. The smallest absolute Gasteiger partial charge is 0.148 e. The van der Waals surface area contributed by atoms with Crippen LogP contribution in [0.15, 0.2) is 12.5 Å². The summed E-state index contributed by atoms with van der Waals surface area (Å²) in [4.78, 5) is 28.6. The number of carbonyl (C=O) groups excluding carboxylic acids is 2. The third kappa shape index (κ3) is 4.43. The lowest BCUT2D eigenvalue weighted by Gasteiger charge is -2.18. The normalized spacial score (nSPS) is 14.2. The maximum atomic E-state index is 11.4. The van der Waals surface area contributed by atoms with Gasteiger partial charge in [0.1, 0.15) is 12.1 Å². The number of aromatic nitrogens is 2. The predicted molar refractivity (Wildman–Crippen MR) is 60.0 cm³/mol. The fourth-order valence-electron chi connectivity index (χ4n) is 1.24. The highest BCUT2D eigenvalue weighted by molar-refractivity contribution is 5.81. The van der Waals surface area contributed by atoms with Crippen molar-refractivity contribution in [2.75, 3.05) is 6.61 Å². The van der Waals surface area contributed by atoms with Gasteiger partial charge < -0.3 is 14.9 Å². The average Bonchev–Trinajstić information content (AvgIpc) is 2.81. The van der Waals surface area contributed by atoms with E-state index in [-0.39, 0.29) is 12.4 Å². The summed E-state index contributed by atoms with van der Waals surface area (Å²) in [5, 5.41) is 8.80. The van der Waals surface area contributed by atoms with Crippen LogP contribution in [0.5, 0.6) is 0 Å². The van der Waals surface area contributed by atoms with Gasteiger partial charge in [-0.1, -0.05) is 0 Å². The monoisotopic (exact) mass is 240 g/mol. The summed E-state index contributed by atoms with van der Waals surface area (Å²) in [5.41, 5.74) is 6.12. The van der Waals surface area contributed by atoms with Gasteiger partial charge in [-0.15, -0.1) is 0 Å². The van der Waals surface area contributed by atoms with Crippen LogP contribution in [0.3, 0.4) is 0 Å². The molecule has 0 saturated carbocycles. The third-order valence-electron chi connectivity index (χ3n) is 2.27. The van der Waals surface area contributed by atoms with Gasteiger partial charge in [0.05, 0.1) is 25.0 Å². The maximum absolute atomic E-state index is 11.4. The molecule has 0 radical (unpaired) electrons. The summed E-state index contributed by atoms with van der Waals surface area (Å²) in [7, 11) is 0. The first-order valence-electron chi connectivity index (χ1n) is 5.22. The molecule has 1 heterocycles. The number of rotatable bonds is 8. The molecule has 0 aliphatic heterocycles. The van der Waals surface area contributed by atoms with E-state index in [1.807, 2.05) is 0 Å². The number of hydrazine groups is 1. The van der Waals surface area contributed by atoms with E-state index in [0.29, 0.717) is 12.7 Å². The van der Waals surface area contributed by atoms with Crippen LogP contribution in [-0.4, -0.2) is 45.8 Å². The van der Waals surface area contributed by atoms with E-state index in [1.54, 1.807) is 6.20 Å². The number of ketones is 1. The summed E-state index contributed by atoms with van der Waals surface area (Å²) in [6.07, 6.45) is 4.16. The van der Waals surface area contributed by atoms with Crippen LogP contribution in [0, 0.1) is 0 Å². The molecule has 0 aliphatic rings. The Labute approximate surface area is 98.6 Å². The van der Waals surface area contributed by atoms with Crippen LogP contribution >= 0.6 is 0 Å². The average molecular weight is 240 g/mol. The lowest BCUT2D eigenvalue weighted by molar-refractivity contribution is -0.120. The minimum atomic E-state index is -0.724. The van der Waals surface area contributed by atoms with Crippen molar-refractivity contribution in [1.82, 2.24) is 20.8 Å². The lowest BCUT2D eigenvalue weighted by Crippen LogP contribution is -2.52. The summed E-state index contributed by atoms with van der Waals surface area (Å²) >= 11 is 0. The van der Waals surface area contributed by atoms with Crippen LogP contribution in [0.1, 0.15) is 12.6 Å². The number of aldehydes is 1. The Morgan fingerprint density at radius 3 is 2.88 bits per heavy atom. The van der Waals surface area contributed by atoms with Gasteiger partial charge in [0.25, 0.3) is 0 Å². The molecule has 0 bridgehead atoms. The molecule has 2 atom stereocenters. The van der Waals surface area contributed by atoms with E-state index in [4.69, 9.17) is 5.11 Å². The zero-order valence-electron chi connectivity index (χ0n) is 9.51. The summed E-state index contributed by atoms with van der Waals surface area (Å²) in [6, 6.07) is -1.21. The second kappa shape index (κ2) is 6.89. The second-order valence-corrected chi connectivity index (χ2v) is 3.66. The van der Waals surface area contributed by atoms with Gasteiger partial charge >= 0.3 is 0 Å². The third-order valence-corrected chi connectivity index (χ3v) is 2.27. The van der Waals surface area contributed by atoms with Gasteiger partial charge in [0.15, 0.2) is 0 Å². The van der Waals surface area contributed by atoms with E-state index < -0.39 is 12.1 Å². The van der Waals surface area contributed by atoms with Gasteiger partial charge in [-0.05, 0) is 6.92 Å². The van der Waals surface area contributed by atoms with Crippen LogP contribution in [0.4, 0.5) is 0 Å². The van der Waals surface area contributed by atoms with Gasteiger partial charge in [-0.25, -0.2) is 15.8 Å². The van der Waals surface area contributed by atoms with E-state index in [9.17, 15) is 9.59 Å². The van der Waals surface area contributed by atoms with Crippen molar-refractivity contribution in [3.8, 4) is 0 Å². The number of aliphatic hydroxyl groups excluding tert-OH is 1. The zero-order chi connectivity index (χ0) is 12.7. The SMILES string of the molecule is CC(=O)[C@H](Cc1cnc[nH]1)NN[C@H](C=O)CO. The molecule has 4 N–H and O–H groups in total. The fourth-order valence-corrected chi connectivity index (χ4v) is 1.24. The first-order chi connectivity index (χ1) is 8.17. The zero-order valence-corrected chi connectivity index (χ0v) is 9.51. The Bertz CT molecular complexity index is 352. The number of hydrogen-bond donors (Lipinski definition) is 4. The standard InChI is InChI=1S/C10H16N4O3/c1-7(17)10(2-8-3-11-6-12-8)14-13-9(4-15)5-16/h3-4,6,9-10,13-14,16H,2,5H2,1H3,(H,11,12)/t9-,10+/m1/s1. The first-order valence-corrected chi connectivity index (χ1v) is 5.22. The molecule has 7 heteroatoms. The van der Waals surface area contributed by atoms with Crippen molar-refractivity contribution in [2.24, 2.45) is 0 Å². The molecule has 94 valence electrons. The number of aromatic amines is 1. The topological polar surface area (TPSA) is 107 Å².